The summed E-state index contributed by atoms with van der Waals surface area (Å²) >= 11 is 0. The van der Waals surface area contributed by atoms with Crippen molar-refractivity contribution < 1.29 is 4.74 Å². The fourth-order valence-electron chi connectivity index (χ4n) is 3.30. The normalized spacial score (nSPS) is 22.7. The van der Waals surface area contributed by atoms with Crippen molar-refractivity contribution in [2.75, 3.05) is 6.61 Å². The van der Waals surface area contributed by atoms with Crippen LogP contribution in [0.25, 0.3) is 0 Å². The molecule has 1 aromatic heterocycles. The number of hydrogen-bond acceptors (Lipinski definition) is 3. The average Bonchev–Trinajstić information content (AvgIpc) is 3.28. The van der Waals surface area contributed by atoms with E-state index in [1.54, 1.807) is 0 Å². The second kappa shape index (κ2) is 6.93. The van der Waals surface area contributed by atoms with E-state index >= 15 is 0 Å². The third-order valence-electron chi connectivity index (χ3n) is 4.71. The van der Waals surface area contributed by atoms with Crippen LogP contribution < -0.4 is 5.32 Å². The topological polar surface area (TPSA) is 39.1 Å². The molecule has 4 heteroatoms. The van der Waals surface area contributed by atoms with Crippen molar-refractivity contribution in [1.82, 2.24) is 15.1 Å². The van der Waals surface area contributed by atoms with E-state index in [-0.39, 0.29) is 0 Å². The summed E-state index contributed by atoms with van der Waals surface area (Å²) in [6.07, 6.45) is 8.81. The molecule has 1 atom stereocenters. The zero-order valence-electron chi connectivity index (χ0n) is 13.5. The number of aromatic nitrogens is 2. The lowest BCUT2D eigenvalue weighted by molar-refractivity contribution is 0.00348. The van der Waals surface area contributed by atoms with Crippen molar-refractivity contribution in [3.63, 3.8) is 0 Å². The van der Waals surface area contributed by atoms with Crippen molar-refractivity contribution in [3.05, 3.63) is 17.0 Å². The van der Waals surface area contributed by atoms with E-state index in [4.69, 9.17) is 9.84 Å². The first-order valence-electron chi connectivity index (χ1n) is 8.74. The summed E-state index contributed by atoms with van der Waals surface area (Å²) in [4.78, 5) is 0. The quantitative estimate of drug-likeness (QED) is 0.839. The fourth-order valence-corrected chi connectivity index (χ4v) is 3.30. The lowest BCUT2D eigenvalue weighted by Gasteiger charge is -2.23. The van der Waals surface area contributed by atoms with E-state index in [2.05, 4.69) is 23.8 Å². The highest BCUT2D eigenvalue weighted by molar-refractivity contribution is 5.27. The largest absolute Gasteiger partial charge is 0.376 e. The Hall–Kier alpha value is -0.870. The second-order valence-corrected chi connectivity index (χ2v) is 6.40. The van der Waals surface area contributed by atoms with Crippen LogP contribution in [0.2, 0.25) is 0 Å². The van der Waals surface area contributed by atoms with Gasteiger partial charge in [0, 0.05) is 30.5 Å². The molecule has 1 unspecified atom stereocenters. The highest BCUT2D eigenvalue weighted by atomic mass is 16.5. The van der Waals surface area contributed by atoms with Gasteiger partial charge in [0.1, 0.15) is 0 Å². The number of nitrogens with one attached hydrogen (secondary N) is 1. The highest BCUT2D eigenvalue weighted by Gasteiger charge is 2.24. The van der Waals surface area contributed by atoms with Crippen LogP contribution in [0, 0.1) is 0 Å². The van der Waals surface area contributed by atoms with Crippen LogP contribution in [0.1, 0.15) is 62.9 Å². The van der Waals surface area contributed by atoms with Gasteiger partial charge in [-0.15, -0.1) is 0 Å². The van der Waals surface area contributed by atoms with Crippen LogP contribution in [0.4, 0.5) is 0 Å². The van der Waals surface area contributed by atoms with Gasteiger partial charge >= 0.3 is 0 Å². The minimum Gasteiger partial charge on any atom is -0.376 e. The Labute approximate surface area is 128 Å². The van der Waals surface area contributed by atoms with Gasteiger partial charge in [-0.2, -0.15) is 5.10 Å². The lowest BCUT2D eigenvalue weighted by atomic mass is 10.1. The minimum atomic E-state index is 0.359. The molecular formula is C17H29N3O. The summed E-state index contributed by atoms with van der Waals surface area (Å²) < 4.78 is 8.13. The maximum Gasteiger partial charge on any atom is 0.0771 e. The molecule has 2 fully saturated rings. The summed E-state index contributed by atoms with van der Waals surface area (Å²) in [5.74, 6) is 0. The first-order valence-corrected chi connectivity index (χ1v) is 8.74. The van der Waals surface area contributed by atoms with Crippen molar-refractivity contribution in [2.45, 2.75) is 84.0 Å². The van der Waals surface area contributed by atoms with Crippen molar-refractivity contribution >= 4 is 0 Å². The Morgan fingerprint density at radius 2 is 2.05 bits per heavy atom. The standard InChI is InChI=1S/C17H29N3O/c1-3-16-15(11-18-13-8-9-13)17(4-2)20(19-16)12-14-7-5-6-10-21-14/h13-14,18H,3-12H2,1-2H3. The fraction of sp³-hybridized carbons (Fsp3) is 0.824. The van der Waals surface area contributed by atoms with Crippen molar-refractivity contribution in [1.29, 1.82) is 0 Å². The molecule has 21 heavy (non-hydrogen) atoms. The minimum absolute atomic E-state index is 0.359. The zero-order valence-corrected chi connectivity index (χ0v) is 13.5. The van der Waals surface area contributed by atoms with Gasteiger partial charge < -0.3 is 10.1 Å². The average molecular weight is 291 g/mol. The van der Waals surface area contributed by atoms with Crippen LogP contribution >= 0.6 is 0 Å². The van der Waals surface area contributed by atoms with Gasteiger partial charge in [-0.25, -0.2) is 0 Å². The summed E-state index contributed by atoms with van der Waals surface area (Å²) in [6, 6.07) is 0.754. The van der Waals surface area contributed by atoms with E-state index < -0.39 is 0 Å². The van der Waals surface area contributed by atoms with E-state index in [9.17, 15) is 0 Å². The van der Waals surface area contributed by atoms with Gasteiger partial charge in [-0.3, -0.25) is 4.68 Å². The summed E-state index contributed by atoms with van der Waals surface area (Å²) in [5.41, 5.74) is 4.13. The number of rotatable bonds is 7. The Morgan fingerprint density at radius 3 is 2.67 bits per heavy atom. The summed E-state index contributed by atoms with van der Waals surface area (Å²) in [6.45, 7) is 7.30. The Morgan fingerprint density at radius 1 is 1.19 bits per heavy atom. The molecular weight excluding hydrogens is 262 g/mol. The molecule has 0 spiro atoms. The molecule has 3 rings (SSSR count). The van der Waals surface area contributed by atoms with Crippen LogP contribution in [0.15, 0.2) is 0 Å². The van der Waals surface area contributed by atoms with Crippen LogP contribution in [0.5, 0.6) is 0 Å². The van der Waals surface area contributed by atoms with Crippen molar-refractivity contribution in [2.24, 2.45) is 0 Å². The number of nitrogens with zero attached hydrogens (tertiary/aromatic N) is 2. The first-order chi connectivity index (χ1) is 10.3. The van der Waals surface area contributed by atoms with Gasteiger partial charge in [-0.05, 0) is 44.9 Å². The van der Waals surface area contributed by atoms with E-state index in [0.29, 0.717) is 6.10 Å². The van der Waals surface area contributed by atoms with Gasteiger partial charge in [0.15, 0.2) is 0 Å². The molecule has 0 radical (unpaired) electrons. The molecule has 0 amide bonds. The Kier molecular flexibility index (Phi) is 4.96. The molecule has 0 aromatic carbocycles. The molecule has 4 nitrogen and oxygen atoms in total. The first kappa shape index (κ1) is 15.0. The molecule has 1 saturated heterocycles. The molecule has 2 heterocycles. The van der Waals surface area contributed by atoms with E-state index in [1.807, 2.05) is 0 Å². The number of hydrogen-bond donors (Lipinski definition) is 1. The van der Waals surface area contributed by atoms with Gasteiger partial charge in [0.2, 0.25) is 0 Å². The summed E-state index contributed by atoms with van der Waals surface area (Å²) in [5, 5.41) is 8.54. The van der Waals surface area contributed by atoms with Crippen LogP contribution in [-0.4, -0.2) is 28.5 Å². The third kappa shape index (κ3) is 3.67. The molecule has 2 aliphatic rings. The van der Waals surface area contributed by atoms with Crippen LogP contribution in [-0.2, 0) is 30.7 Å². The van der Waals surface area contributed by atoms with Crippen LogP contribution in [0.3, 0.4) is 0 Å². The smallest absolute Gasteiger partial charge is 0.0771 e. The predicted octanol–water partition coefficient (Wildman–Crippen LogP) is 2.83. The third-order valence-corrected chi connectivity index (χ3v) is 4.71. The molecule has 118 valence electrons. The molecule has 1 aromatic rings. The Balaban J connectivity index is 1.74. The molecule has 0 bridgehead atoms. The molecule has 1 N–H and O–H groups in total. The molecule has 1 aliphatic heterocycles. The highest BCUT2D eigenvalue weighted by Crippen LogP contribution is 2.23. The monoisotopic (exact) mass is 291 g/mol. The number of ether oxygens (including phenoxy) is 1. The Bertz CT molecular complexity index is 459. The molecule has 1 saturated carbocycles. The maximum absolute atomic E-state index is 5.90. The van der Waals surface area contributed by atoms with E-state index in [0.717, 1.165) is 38.6 Å². The SMILES string of the molecule is CCc1nn(CC2CCCCO2)c(CC)c1CNC1CC1. The predicted molar refractivity (Wildman–Crippen MR) is 84.4 cm³/mol. The van der Waals surface area contributed by atoms with Gasteiger partial charge in [-0.1, -0.05) is 13.8 Å². The zero-order chi connectivity index (χ0) is 14.7. The van der Waals surface area contributed by atoms with Gasteiger partial charge in [0.25, 0.3) is 0 Å². The van der Waals surface area contributed by atoms with E-state index in [1.165, 1.54) is 49.1 Å². The van der Waals surface area contributed by atoms with Crippen molar-refractivity contribution in [3.8, 4) is 0 Å². The lowest BCUT2D eigenvalue weighted by Crippen LogP contribution is -2.26. The number of aryl methyl sites for hydroxylation is 1. The second-order valence-electron chi connectivity index (χ2n) is 6.40. The molecule has 1 aliphatic carbocycles. The van der Waals surface area contributed by atoms with Gasteiger partial charge in [0.05, 0.1) is 18.3 Å². The maximum atomic E-state index is 5.90. The summed E-state index contributed by atoms with van der Waals surface area (Å²) in [7, 11) is 0.